The van der Waals surface area contributed by atoms with E-state index >= 15 is 0 Å². The topological polar surface area (TPSA) is 158 Å². The minimum atomic E-state index is -1.11. The van der Waals surface area contributed by atoms with E-state index in [4.69, 9.17) is 9.47 Å². The number of carboxylic acids is 1. The highest BCUT2D eigenvalue weighted by atomic mass is 16.5. The Kier molecular flexibility index (Phi) is 19.5. The third kappa shape index (κ3) is 13.4. The summed E-state index contributed by atoms with van der Waals surface area (Å²) in [5.74, 6) is -2.90. The second-order valence-electron chi connectivity index (χ2n) is 16.0. The van der Waals surface area contributed by atoms with Gasteiger partial charge >= 0.3 is 5.97 Å². The molecular formula is C42H69N5O8. The van der Waals surface area contributed by atoms with Crippen LogP contribution in [0.1, 0.15) is 79.7 Å². The van der Waals surface area contributed by atoms with Crippen LogP contribution in [-0.4, -0.2) is 134 Å². The van der Waals surface area contributed by atoms with Crippen LogP contribution in [0.25, 0.3) is 0 Å². The van der Waals surface area contributed by atoms with Gasteiger partial charge in [-0.2, -0.15) is 0 Å². The highest BCUT2D eigenvalue weighted by Crippen LogP contribution is 2.30. The van der Waals surface area contributed by atoms with Crippen molar-refractivity contribution in [3.63, 3.8) is 0 Å². The lowest BCUT2D eigenvalue weighted by molar-refractivity contribution is -0.148. The van der Waals surface area contributed by atoms with E-state index in [1.165, 1.54) is 13.2 Å². The van der Waals surface area contributed by atoms with Gasteiger partial charge in [0, 0.05) is 33.9 Å². The normalized spacial score (nSPS) is 19.1. The summed E-state index contributed by atoms with van der Waals surface area (Å²) in [6, 6.07) is 6.89. The van der Waals surface area contributed by atoms with E-state index in [1.807, 2.05) is 90.9 Å². The van der Waals surface area contributed by atoms with Gasteiger partial charge in [-0.1, -0.05) is 91.3 Å². The van der Waals surface area contributed by atoms with E-state index in [0.717, 1.165) is 24.5 Å². The lowest BCUT2D eigenvalue weighted by atomic mass is 9.89. The average molecular weight is 772 g/mol. The molecule has 1 aromatic carbocycles. The molecule has 0 radical (unpaired) electrons. The lowest BCUT2D eigenvalue weighted by Gasteiger charge is -2.41. The van der Waals surface area contributed by atoms with Crippen LogP contribution in [-0.2, 0) is 39.9 Å². The van der Waals surface area contributed by atoms with Crippen LogP contribution in [0.3, 0.4) is 0 Å². The van der Waals surface area contributed by atoms with Crippen molar-refractivity contribution < 1.29 is 38.6 Å². The number of nitrogens with zero attached hydrogens (tertiary/aromatic N) is 3. The zero-order valence-corrected chi connectivity index (χ0v) is 35.3. The highest BCUT2D eigenvalue weighted by molar-refractivity contribution is 5.90. The maximum Gasteiger partial charge on any atom is 0.328 e. The van der Waals surface area contributed by atoms with Crippen molar-refractivity contribution in [2.75, 3.05) is 41.9 Å². The van der Waals surface area contributed by atoms with Crippen LogP contribution in [0.15, 0.2) is 42.5 Å². The van der Waals surface area contributed by atoms with Crippen molar-refractivity contribution >= 4 is 29.6 Å². The zero-order valence-electron chi connectivity index (χ0n) is 35.3. The van der Waals surface area contributed by atoms with Gasteiger partial charge in [-0.25, -0.2) is 4.79 Å². The third-order valence-electron chi connectivity index (χ3n) is 11.0. The Morgan fingerprint density at radius 3 is 2.07 bits per heavy atom. The number of amides is 4. The van der Waals surface area contributed by atoms with Gasteiger partial charge in [-0.15, -0.1) is 0 Å². The number of rotatable bonds is 22. The molecule has 0 unspecified atom stereocenters. The summed E-state index contributed by atoms with van der Waals surface area (Å²) in [6.07, 6.45) is 3.72. The van der Waals surface area contributed by atoms with Crippen molar-refractivity contribution in [2.24, 2.45) is 23.7 Å². The quantitative estimate of drug-likeness (QED) is 0.148. The molecule has 13 heteroatoms. The predicted octanol–water partition coefficient (Wildman–Crippen LogP) is 4.00. The molecule has 1 aromatic rings. The summed E-state index contributed by atoms with van der Waals surface area (Å²) in [6.45, 7) is 14.1. The first-order chi connectivity index (χ1) is 25.9. The number of carbonyl (C=O) groups is 5. The number of carboxylic acid groups (broad SMARTS) is 1. The minimum Gasteiger partial charge on any atom is -0.478 e. The molecule has 4 amide bonds. The van der Waals surface area contributed by atoms with Gasteiger partial charge in [0.2, 0.25) is 23.6 Å². The zero-order chi connectivity index (χ0) is 41.6. The van der Waals surface area contributed by atoms with Crippen molar-refractivity contribution in [1.29, 1.82) is 0 Å². The SMILES string of the molecule is CC[C@H](C)[C@@H]([C@@H](CC(=O)N1CCC[C@H]1[C@H](OC)[C@@H](C)C(=O)N[C@H](/C=C/C(=O)O)Cc1ccccc1)OC)N(C)C(=O)[C@@H](NC(=O)[C@H](C(C)C)N(C)C)C(C)C. The Bertz CT molecular complexity index is 1410. The molecule has 1 aliphatic rings. The van der Waals surface area contributed by atoms with E-state index < -0.39 is 48.3 Å². The fourth-order valence-corrected chi connectivity index (χ4v) is 7.96. The van der Waals surface area contributed by atoms with Gasteiger partial charge in [0.05, 0.1) is 48.7 Å². The molecule has 0 aliphatic carbocycles. The fourth-order valence-electron chi connectivity index (χ4n) is 7.96. The standard InChI is InChI=1S/C42H69N5O8/c1-13-28(6)38(46(10)42(53)36(26(2)3)44-41(52)37(27(4)5)45(8)9)33(54-11)25-34(48)47-23-17-20-32(47)39(55-12)29(7)40(51)43-31(21-22-35(49)50)24-30-18-15-14-16-19-30/h14-16,18-19,21-22,26-29,31-33,36-39H,13,17,20,23-25H2,1-12H3,(H,43,51)(H,44,52)(H,49,50)/b22-21+/t28-,29+,31+,32-,33+,36-,37-,38-,39+/m0/s1. The molecule has 0 bridgehead atoms. The minimum absolute atomic E-state index is 0.00449. The highest BCUT2D eigenvalue weighted by Gasteiger charge is 2.43. The molecule has 1 heterocycles. The molecule has 0 saturated carbocycles. The van der Waals surface area contributed by atoms with Crippen molar-refractivity contribution in [3.8, 4) is 0 Å². The van der Waals surface area contributed by atoms with Crippen molar-refractivity contribution in [3.05, 3.63) is 48.0 Å². The predicted molar refractivity (Wildman–Crippen MR) is 214 cm³/mol. The summed E-state index contributed by atoms with van der Waals surface area (Å²) in [5.41, 5.74) is 0.940. The van der Waals surface area contributed by atoms with Crippen LogP contribution < -0.4 is 10.6 Å². The Morgan fingerprint density at radius 1 is 0.927 bits per heavy atom. The Morgan fingerprint density at radius 2 is 1.56 bits per heavy atom. The van der Waals surface area contributed by atoms with E-state index in [0.29, 0.717) is 19.4 Å². The second-order valence-corrected chi connectivity index (χ2v) is 16.0. The monoisotopic (exact) mass is 772 g/mol. The summed E-state index contributed by atoms with van der Waals surface area (Å²) in [4.78, 5) is 72.2. The number of nitrogens with one attached hydrogen (secondary N) is 2. The summed E-state index contributed by atoms with van der Waals surface area (Å²) in [7, 11) is 8.50. The summed E-state index contributed by atoms with van der Waals surface area (Å²) in [5, 5.41) is 15.3. The van der Waals surface area contributed by atoms with Gasteiger partial charge in [-0.05, 0) is 56.7 Å². The van der Waals surface area contributed by atoms with E-state index in [9.17, 15) is 29.1 Å². The molecule has 3 N–H and O–H groups in total. The number of aliphatic carboxylic acids is 1. The summed E-state index contributed by atoms with van der Waals surface area (Å²) < 4.78 is 12.0. The van der Waals surface area contributed by atoms with Gasteiger partial charge < -0.3 is 35.0 Å². The molecule has 0 aromatic heterocycles. The molecule has 310 valence electrons. The smallest absolute Gasteiger partial charge is 0.328 e. The van der Waals surface area contributed by atoms with Gasteiger partial charge in [0.25, 0.3) is 0 Å². The molecule has 13 nitrogen and oxygen atoms in total. The third-order valence-corrected chi connectivity index (χ3v) is 11.0. The van der Waals surface area contributed by atoms with E-state index in [2.05, 4.69) is 10.6 Å². The molecular weight excluding hydrogens is 702 g/mol. The first kappa shape index (κ1) is 47.3. The lowest BCUT2D eigenvalue weighted by Crippen LogP contribution is -2.59. The maximum atomic E-state index is 14.2. The molecule has 2 rings (SSSR count). The molecule has 9 atom stereocenters. The van der Waals surface area contributed by atoms with Crippen molar-refractivity contribution in [2.45, 2.75) is 123 Å². The number of ether oxygens (including phenoxy) is 2. The van der Waals surface area contributed by atoms with Crippen LogP contribution in [0.4, 0.5) is 0 Å². The number of hydrogen-bond donors (Lipinski definition) is 3. The largest absolute Gasteiger partial charge is 0.478 e. The molecule has 1 fully saturated rings. The van der Waals surface area contributed by atoms with Crippen LogP contribution in [0.5, 0.6) is 0 Å². The van der Waals surface area contributed by atoms with Gasteiger partial charge in [0.1, 0.15) is 6.04 Å². The number of likely N-dealkylation sites (N-methyl/N-ethyl adjacent to an activating group) is 2. The number of methoxy groups -OCH3 is 2. The number of likely N-dealkylation sites (tertiary alicyclic amines) is 1. The van der Waals surface area contributed by atoms with Crippen molar-refractivity contribution in [1.82, 2.24) is 25.3 Å². The van der Waals surface area contributed by atoms with Crippen LogP contribution in [0, 0.1) is 23.7 Å². The number of hydrogen-bond acceptors (Lipinski definition) is 8. The van der Waals surface area contributed by atoms with Crippen LogP contribution in [0.2, 0.25) is 0 Å². The van der Waals surface area contributed by atoms with Gasteiger partial charge in [-0.3, -0.25) is 24.1 Å². The molecule has 55 heavy (non-hydrogen) atoms. The average Bonchev–Trinajstić information content (AvgIpc) is 3.61. The Hall–Kier alpha value is -3.81. The maximum absolute atomic E-state index is 14.2. The first-order valence-electron chi connectivity index (χ1n) is 19.7. The van der Waals surface area contributed by atoms with E-state index in [-0.39, 0.29) is 53.8 Å². The van der Waals surface area contributed by atoms with Crippen LogP contribution >= 0.6 is 0 Å². The van der Waals surface area contributed by atoms with Gasteiger partial charge in [0.15, 0.2) is 0 Å². The Labute approximate surface area is 329 Å². The molecule has 1 aliphatic heterocycles. The number of benzene rings is 1. The molecule has 1 saturated heterocycles. The molecule has 0 spiro atoms. The fraction of sp³-hybridized carbons (Fsp3) is 0.690. The summed E-state index contributed by atoms with van der Waals surface area (Å²) >= 11 is 0. The second kappa shape index (κ2) is 22.7. The number of carbonyl (C=O) groups excluding carboxylic acids is 4. The Balaban J connectivity index is 2.29. The van der Waals surface area contributed by atoms with E-state index in [1.54, 1.807) is 30.9 Å². The first-order valence-corrected chi connectivity index (χ1v) is 19.7.